The zero-order valence-corrected chi connectivity index (χ0v) is 12.9. The van der Waals surface area contributed by atoms with Gasteiger partial charge in [-0.2, -0.15) is 0 Å². The fourth-order valence-electron chi connectivity index (χ4n) is 3.74. The molecule has 1 atom stereocenters. The van der Waals surface area contributed by atoms with Gasteiger partial charge in [0, 0.05) is 44.0 Å². The molecule has 1 spiro atoms. The molecule has 0 aromatic carbocycles. The monoisotopic (exact) mass is 314 g/mol. The molecule has 6 nitrogen and oxygen atoms in total. The summed E-state index contributed by atoms with van der Waals surface area (Å²) in [6, 6.07) is 1.84. The Hall–Kier alpha value is -2.31. The highest BCUT2D eigenvalue weighted by molar-refractivity contribution is 5.35. The van der Waals surface area contributed by atoms with Crippen molar-refractivity contribution in [3.05, 3.63) is 36.7 Å². The highest BCUT2D eigenvalue weighted by Gasteiger charge is 2.42. The number of halogens is 1. The van der Waals surface area contributed by atoms with Crippen molar-refractivity contribution in [1.82, 2.24) is 19.9 Å². The van der Waals surface area contributed by atoms with E-state index >= 15 is 0 Å². The zero-order valence-electron chi connectivity index (χ0n) is 12.9. The first-order chi connectivity index (χ1) is 11.2. The highest BCUT2D eigenvalue weighted by atomic mass is 19.1. The van der Waals surface area contributed by atoms with Gasteiger partial charge in [0.05, 0.1) is 12.4 Å². The first-order valence-electron chi connectivity index (χ1n) is 7.99. The highest BCUT2D eigenvalue weighted by Crippen LogP contribution is 2.40. The van der Waals surface area contributed by atoms with Crippen LogP contribution in [0.15, 0.2) is 30.9 Å². The van der Waals surface area contributed by atoms with Crippen LogP contribution in [0.3, 0.4) is 0 Å². The maximum Gasteiger partial charge on any atom is 0.225 e. The van der Waals surface area contributed by atoms with Crippen molar-refractivity contribution < 1.29 is 4.39 Å². The van der Waals surface area contributed by atoms with Gasteiger partial charge in [-0.05, 0) is 25.3 Å². The Balaban J connectivity index is 1.50. The largest absolute Gasteiger partial charge is 0.340 e. The number of piperidine rings is 1. The van der Waals surface area contributed by atoms with Gasteiger partial charge in [0.25, 0.3) is 0 Å². The Morgan fingerprint density at radius 2 is 1.52 bits per heavy atom. The molecule has 23 heavy (non-hydrogen) atoms. The Labute approximate surface area is 134 Å². The number of aromatic nitrogens is 4. The van der Waals surface area contributed by atoms with Crippen LogP contribution >= 0.6 is 0 Å². The average molecular weight is 314 g/mol. The van der Waals surface area contributed by atoms with E-state index in [1.54, 1.807) is 12.4 Å². The lowest BCUT2D eigenvalue weighted by Crippen LogP contribution is -2.45. The summed E-state index contributed by atoms with van der Waals surface area (Å²) in [6.07, 6.45) is 9.46. The van der Waals surface area contributed by atoms with Crippen LogP contribution in [-0.2, 0) is 0 Å². The number of anilines is 2. The summed E-state index contributed by atoms with van der Waals surface area (Å²) >= 11 is 0. The lowest BCUT2D eigenvalue weighted by atomic mass is 9.79. The molecule has 2 aromatic rings. The van der Waals surface area contributed by atoms with Gasteiger partial charge in [-0.3, -0.25) is 0 Å². The second-order valence-corrected chi connectivity index (χ2v) is 6.45. The van der Waals surface area contributed by atoms with Crippen molar-refractivity contribution in [2.75, 3.05) is 36.0 Å². The molecule has 0 bridgehead atoms. The van der Waals surface area contributed by atoms with Gasteiger partial charge in [0.2, 0.25) is 11.9 Å². The zero-order chi connectivity index (χ0) is 15.7. The first kappa shape index (κ1) is 14.3. The van der Waals surface area contributed by atoms with Crippen LogP contribution in [0.4, 0.5) is 16.3 Å². The average Bonchev–Trinajstić information content (AvgIpc) is 3.00. The van der Waals surface area contributed by atoms with E-state index in [4.69, 9.17) is 0 Å². The summed E-state index contributed by atoms with van der Waals surface area (Å²) in [7, 11) is 0. The minimum Gasteiger partial charge on any atom is -0.340 e. The fourth-order valence-corrected chi connectivity index (χ4v) is 3.74. The molecular weight excluding hydrogens is 295 g/mol. The van der Waals surface area contributed by atoms with Gasteiger partial charge in [-0.25, -0.2) is 24.3 Å². The summed E-state index contributed by atoms with van der Waals surface area (Å²) in [5, 5.41) is 0. The summed E-state index contributed by atoms with van der Waals surface area (Å²) < 4.78 is 13.0. The van der Waals surface area contributed by atoms with Crippen molar-refractivity contribution in [2.45, 2.75) is 19.3 Å². The van der Waals surface area contributed by atoms with Crippen LogP contribution in [0.25, 0.3) is 0 Å². The second-order valence-electron chi connectivity index (χ2n) is 6.45. The standard InChI is InChI=1S/C16H19FN6/c17-13-9-20-15(21-10-13)23-8-4-16(12-23)3-1-7-22(11-16)14-18-5-2-6-19-14/h2,5-6,9-10H,1,3-4,7-8,11-12H2. The summed E-state index contributed by atoms with van der Waals surface area (Å²) in [5.41, 5.74) is 0.217. The molecule has 7 heteroatoms. The van der Waals surface area contributed by atoms with Gasteiger partial charge in [0.1, 0.15) is 0 Å². The molecule has 4 rings (SSSR count). The Kier molecular flexibility index (Phi) is 3.55. The topological polar surface area (TPSA) is 58.0 Å². The molecule has 2 aromatic heterocycles. The molecule has 120 valence electrons. The number of nitrogens with zero attached hydrogens (tertiary/aromatic N) is 6. The van der Waals surface area contributed by atoms with Gasteiger partial charge in [0.15, 0.2) is 5.82 Å². The molecular formula is C16H19FN6. The number of hydrogen-bond donors (Lipinski definition) is 0. The van der Waals surface area contributed by atoms with E-state index in [9.17, 15) is 4.39 Å². The first-order valence-corrected chi connectivity index (χ1v) is 7.99. The molecule has 0 aliphatic carbocycles. The van der Waals surface area contributed by atoms with Crippen molar-refractivity contribution in [2.24, 2.45) is 5.41 Å². The molecule has 2 aliphatic rings. The van der Waals surface area contributed by atoms with E-state index in [0.717, 1.165) is 45.0 Å². The van der Waals surface area contributed by atoms with E-state index in [2.05, 4.69) is 29.7 Å². The maximum atomic E-state index is 13.0. The molecule has 0 radical (unpaired) electrons. The van der Waals surface area contributed by atoms with Crippen LogP contribution in [-0.4, -0.2) is 46.1 Å². The van der Waals surface area contributed by atoms with E-state index in [0.29, 0.717) is 5.95 Å². The Morgan fingerprint density at radius 1 is 0.870 bits per heavy atom. The minimum absolute atomic E-state index is 0.217. The van der Waals surface area contributed by atoms with Crippen molar-refractivity contribution in [3.63, 3.8) is 0 Å². The van der Waals surface area contributed by atoms with Gasteiger partial charge in [-0.15, -0.1) is 0 Å². The number of rotatable bonds is 2. The van der Waals surface area contributed by atoms with E-state index in [-0.39, 0.29) is 5.41 Å². The van der Waals surface area contributed by atoms with Crippen molar-refractivity contribution in [3.8, 4) is 0 Å². The van der Waals surface area contributed by atoms with Gasteiger partial charge < -0.3 is 9.80 Å². The van der Waals surface area contributed by atoms with E-state index in [1.165, 1.54) is 18.8 Å². The third kappa shape index (κ3) is 2.83. The lowest BCUT2D eigenvalue weighted by molar-refractivity contribution is 0.262. The number of hydrogen-bond acceptors (Lipinski definition) is 6. The van der Waals surface area contributed by atoms with Crippen LogP contribution in [0.1, 0.15) is 19.3 Å². The van der Waals surface area contributed by atoms with Crippen molar-refractivity contribution in [1.29, 1.82) is 0 Å². The summed E-state index contributed by atoms with van der Waals surface area (Å²) in [5.74, 6) is 1.03. The molecule has 1 unspecified atom stereocenters. The Morgan fingerprint density at radius 3 is 2.26 bits per heavy atom. The van der Waals surface area contributed by atoms with Gasteiger partial charge >= 0.3 is 0 Å². The Bertz CT molecular complexity index is 664. The molecule has 2 aliphatic heterocycles. The third-order valence-electron chi connectivity index (χ3n) is 4.82. The molecule has 0 saturated carbocycles. The lowest BCUT2D eigenvalue weighted by Gasteiger charge is -2.40. The maximum absolute atomic E-state index is 13.0. The minimum atomic E-state index is -0.396. The SMILES string of the molecule is Fc1cnc(N2CCC3(CCCN(c4ncccn4)C3)C2)nc1. The summed E-state index contributed by atoms with van der Waals surface area (Å²) in [6.45, 7) is 3.77. The normalized spacial score (nSPS) is 24.4. The van der Waals surface area contributed by atoms with Crippen LogP contribution in [0, 0.1) is 11.2 Å². The van der Waals surface area contributed by atoms with Gasteiger partial charge in [-0.1, -0.05) is 0 Å². The molecule has 4 heterocycles. The van der Waals surface area contributed by atoms with E-state index in [1.807, 2.05) is 6.07 Å². The third-order valence-corrected chi connectivity index (χ3v) is 4.82. The van der Waals surface area contributed by atoms with Crippen molar-refractivity contribution >= 4 is 11.9 Å². The smallest absolute Gasteiger partial charge is 0.225 e. The predicted molar refractivity (Wildman–Crippen MR) is 84.7 cm³/mol. The fraction of sp³-hybridized carbons (Fsp3) is 0.500. The second kappa shape index (κ2) is 5.72. The molecule has 2 fully saturated rings. The van der Waals surface area contributed by atoms with Crippen LogP contribution in [0.2, 0.25) is 0 Å². The predicted octanol–water partition coefficient (Wildman–Crippen LogP) is 1.90. The molecule has 0 N–H and O–H groups in total. The summed E-state index contributed by atoms with van der Waals surface area (Å²) in [4.78, 5) is 21.4. The van der Waals surface area contributed by atoms with Crippen LogP contribution < -0.4 is 9.80 Å². The molecule has 0 amide bonds. The van der Waals surface area contributed by atoms with Crippen LogP contribution in [0.5, 0.6) is 0 Å². The molecule has 2 saturated heterocycles. The van der Waals surface area contributed by atoms with E-state index < -0.39 is 5.82 Å². The quantitative estimate of drug-likeness (QED) is 0.844.